The second kappa shape index (κ2) is 9.11. The minimum atomic E-state index is -3.87. The van der Waals surface area contributed by atoms with Gasteiger partial charge in [0.05, 0.1) is 4.90 Å². The Hall–Kier alpha value is -2.97. The number of aryl methyl sites for hydroxylation is 1. The molecule has 0 bridgehead atoms. The predicted octanol–water partition coefficient (Wildman–Crippen LogP) is 1.80. The lowest BCUT2D eigenvalue weighted by Gasteiger charge is -2.09. The highest BCUT2D eigenvalue weighted by molar-refractivity contribution is 7.89. The van der Waals surface area contributed by atoms with Crippen molar-refractivity contribution in [3.63, 3.8) is 0 Å². The molecule has 4 N–H and O–H groups in total. The molecule has 27 heavy (non-hydrogen) atoms. The molecule has 0 radical (unpaired) electrons. The monoisotopic (exact) mass is 387 g/mol. The summed E-state index contributed by atoms with van der Waals surface area (Å²) in [7, 11) is -3.87. The molecule has 0 unspecified atom stereocenters. The van der Waals surface area contributed by atoms with Gasteiger partial charge in [-0.1, -0.05) is 36.4 Å². The number of hydrogen-bond acceptors (Lipinski definition) is 4. The highest BCUT2D eigenvalue weighted by Crippen LogP contribution is 2.19. The molecule has 2 aromatic rings. The Morgan fingerprint density at radius 1 is 1.11 bits per heavy atom. The summed E-state index contributed by atoms with van der Waals surface area (Å²) in [6, 6.07) is 13.8. The van der Waals surface area contributed by atoms with Gasteiger partial charge in [0.2, 0.25) is 21.8 Å². The van der Waals surface area contributed by atoms with Crippen LogP contribution < -0.4 is 15.8 Å². The van der Waals surface area contributed by atoms with Crippen LogP contribution in [-0.4, -0.2) is 26.8 Å². The van der Waals surface area contributed by atoms with Gasteiger partial charge in [-0.25, -0.2) is 13.6 Å². The quantitative estimate of drug-likeness (QED) is 0.628. The topological polar surface area (TPSA) is 118 Å². The van der Waals surface area contributed by atoms with Crippen molar-refractivity contribution in [3.05, 3.63) is 65.7 Å². The maximum Gasteiger partial charge on any atom is 0.244 e. The van der Waals surface area contributed by atoms with Crippen LogP contribution in [0.2, 0.25) is 0 Å². The van der Waals surface area contributed by atoms with Crippen molar-refractivity contribution >= 4 is 33.6 Å². The molecule has 142 valence electrons. The lowest BCUT2D eigenvalue weighted by atomic mass is 10.2. The summed E-state index contributed by atoms with van der Waals surface area (Å²) in [4.78, 5) is 23.7. The SMILES string of the molecule is Cc1ccc(NC(=O)CCNC(=O)/C=C/c2ccccc2)cc1S(N)(=O)=O. The fourth-order valence-corrected chi connectivity index (χ4v) is 3.11. The Bertz CT molecular complexity index is 954. The van der Waals surface area contributed by atoms with E-state index in [0.29, 0.717) is 11.3 Å². The van der Waals surface area contributed by atoms with E-state index in [2.05, 4.69) is 10.6 Å². The van der Waals surface area contributed by atoms with Crippen LogP contribution >= 0.6 is 0 Å². The third kappa shape index (κ3) is 6.69. The zero-order chi connectivity index (χ0) is 19.9. The van der Waals surface area contributed by atoms with Crippen LogP contribution in [0.25, 0.3) is 6.08 Å². The van der Waals surface area contributed by atoms with Crippen LogP contribution in [0.3, 0.4) is 0 Å². The van der Waals surface area contributed by atoms with Crippen molar-refractivity contribution in [2.45, 2.75) is 18.2 Å². The third-order valence-electron chi connectivity index (χ3n) is 3.66. The van der Waals surface area contributed by atoms with Crippen LogP contribution in [0, 0.1) is 6.92 Å². The molecule has 2 amide bonds. The molecule has 8 heteroatoms. The summed E-state index contributed by atoms with van der Waals surface area (Å²) in [6.07, 6.45) is 3.12. The maximum absolute atomic E-state index is 12.0. The summed E-state index contributed by atoms with van der Waals surface area (Å²) >= 11 is 0. The number of benzene rings is 2. The van der Waals surface area contributed by atoms with Gasteiger partial charge in [-0.2, -0.15) is 0 Å². The highest BCUT2D eigenvalue weighted by Gasteiger charge is 2.13. The molecule has 0 fully saturated rings. The lowest BCUT2D eigenvalue weighted by Crippen LogP contribution is -2.26. The first-order chi connectivity index (χ1) is 12.8. The standard InChI is InChI=1S/C19H21N3O4S/c1-14-7-9-16(13-17(14)27(20,25)26)22-19(24)11-12-21-18(23)10-8-15-5-3-2-4-6-15/h2-10,13H,11-12H2,1H3,(H,21,23)(H,22,24)(H2,20,25,26)/b10-8+. The van der Waals surface area contributed by atoms with Crippen LogP contribution in [0.1, 0.15) is 17.5 Å². The minimum absolute atomic E-state index is 0.0420. The number of rotatable bonds is 7. The van der Waals surface area contributed by atoms with Gasteiger partial charge in [-0.05, 0) is 36.3 Å². The lowest BCUT2D eigenvalue weighted by molar-refractivity contribution is -0.117. The molecule has 0 aromatic heterocycles. The number of sulfonamides is 1. The molecule has 7 nitrogen and oxygen atoms in total. The van der Waals surface area contributed by atoms with Crippen molar-refractivity contribution in [2.24, 2.45) is 5.14 Å². The van der Waals surface area contributed by atoms with Gasteiger partial charge in [0, 0.05) is 24.7 Å². The van der Waals surface area contributed by atoms with E-state index in [0.717, 1.165) is 5.56 Å². The van der Waals surface area contributed by atoms with Gasteiger partial charge < -0.3 is 10.6 Å². The van der Waals surface area contributed by atoms with E-state index >= 15 is 0 Å². The molecule has 0 aliphatic rings. The number of anilines is 1. The van der Waals surface area contributed by atoms with Crippen LogP contribution in [0.4, 0.5) is 5.69 Å². The summed E-state index contributed by atoms with van der Waals surface area (Å²) in [5.74, 6) is -0.662. The first-order valence-electron chi connectivity index (χ1n) is 8.20. The Morgan fingerprint density at radius 2 is 1.81 bits per heavy atom. The Balaban J connectivity index is 1.83. The van der Waals surface area contributed by atoms with E-state index in [1.54, 1.807) is 25.1 Å². The summed E-state index contributed by atoms with van der Waals surface area (Å²) in [6.45, 7) is 1.77. The number of nitrogens with two attached hydrogens (primary N) is 1. The molecule has 0 aliphatic carbocycles. The number of hydrogen-bond donors (Lipinski definition) is 3. The van der Waals surface area contributed by atoms with Gasteiger partial charge in [-0.15, -0.1) is 0 Å². The summed E-state index contributed by atoms with van der Waals surface area (Å²) in [5.41, 5.74) is 1.72. The second-order valence-electron chi connectivity index (χ2n) is 5.86. The van der Waals surface area contributed by atoms with Gasteiger partial charge in [0.1, 0.15) is 0 Å². The highest BCUT2D eigenvalue weighted by atomic mass is 32.2. The zero-order valence-electron chi connectivity index (χ0n) is 14.8. The van der Waals surface area contributed by atoms with Gasteiger partial charge in [0.25, 0.3) is 0 Å². The van der Waals surface area contributed by atoms with Crippen LogP contribution in [0.15, 0.2) is 59.5 Å². The van der Waals surface area contributed by atoms with Crippen molar-refractivity contribution in [2.75, 3.05) is 11.9 Å². The molecule has 0 saturated heterocycles. The molecule has 0 saturated carbocycles. The van der Waals surface area contributed by atoms with E-state index in [-0.39, 0.29) is 29.7 Å². The summed E-state index contributed by atoms with van der Waals surface area (Å²) in [5, 5.41) is 10.3. The van der Waals surface area contributed by atoms with E-state index < -0.39 is 10.0 Å². The average molecular weight is 387 g/mol. The van der Waals surface area contributed by atoms with E-state index in [1.807, 2.05) is 30.3 Å². The van der Waals surface area contributed by atoms with Crippen molar-refractivity contribution < 1.29 is 18.0 Å². The maximum atomic E-state index is 12.0. The average Bonchev–Trinajstić information content (AvgIpc) is 2.61. The Morgan fingerprint density at radius 3 is 2.48 bits per heavy atom. The third-order valence-corrected chi connectivity index (χ3v) is 4.71. The van der Waals surface area contributed by atoms with Crippen molar-refractivity contribution in [1.82, 2.24) is 5.32 Å². The van der Waals surface area contributed by atoms with Crippen molar-refractivity contribution in [3.8, 4) is 0 Å². The number of carbonyl (C=O) groups excluding carboxylic acids is 2. The first kappa shape index (κ1) is 20.3. The second-order valence-corrected chi connectivity index (χ2v) is 7.39. The minimum Gasteiger partial charge on any atom is -0.352 e. The van der Waals surface area contributed by atoms with Gasteiger partial charge in [-0.3, -0.25) is 9.59 Å². The Labute approximate surface area is 158 Å². The van der Waals surface area contributed by atoms with E-state index in [4.69, 9.17) is 5.14 Å². The molecule has 0 heterocycles. The molecule has 0 atom stereocenters. The normalized spacial score (nSPS) is 11.3. The fraction of sp³-hybridized carbons (Fsp3) is 0.158. The first-order valence-corrected chi connectivity index (χ1v) is 9.74. The van der Waals surface area contributed by atoms with E-state index in [9.17, 15) is 18.0 Å². The molecular formula is C19H21N3O4S. The smallest absolute Gasteiger partial charge is 0.244 e. The number of amides is 2. The number of nitrogens with one attached hydrogen (secondary N) is 2. The van der Waals surface area contributed by atoms with E-state index in [1.165, 1.54) is 12.1 Å². The number of primary sulfonamides is 1. The Kier molecular flexibility index (Phi) is 6.86. The molecular weight excluding hydrogens is 366 g/mol. The molecule has 0 spiro atoms. The van der Waals surface area contributed by atoms with Crippen LogP contribution in [-0.2, 0) is 19.6 Å². The number of carbonyl (C=O) groups is 2. The van der Waals surface area contributed by atoms with Crippen LogP contribution in [0.5, 0.6) is 0 Å². The summed E-state index contributed by atoms with van der Waals surface area (Å²) < 4.78 is 23.0. The van der Waals surface area contributed by atoms with Gasteiger partial charge >= 0.3 is 0 Å². The van der Waals surface area contributed by atoms with Gasteiger partial charge in [0.15, 0.2) is 0 Å². The zero-order valence-corrected chi connectivity index (χ0v) is 15.6. The molecule has 0 aliphatic heterocycles. The largest absolute Gasteiger partial charge is 0.352 e. The van der Waals surface area contributed by atoms with Crippen molar-refractivity contribution in [1.29, 1.82) is 0 Å². The predicted molar refractivity (Wildman–Crippen MR) is 104 cm³/mol. The molecule has 2 aromatic carbocycles. The molecule has 2 rings (SSSR count). The fourth-order valence-electron chi connectivity index (χ4n) is 2.30.